The van der Waals surface area contributed by atoms with E-state index in [0.29, 0.717) is 5.92 Å². The van der Waals surface area contributed by atoms with Crippen LogP contribution >= 0.6 is 19.8 Å². The molecule has 75 valence electrons. The molecule has 0 aliphatic carbocycles. The summed E-state index contributed by atoms with van der Waals surface area (Å²) in [5.41, 5.74) is 2.68. The summed E-state index contributed by atoms with van der Waals surface area (Å²) in [6.45, 7) is 6.52. The molecule has 1 aromatic rings. The summed E-state index contributed by atoms with van der Waals surface area (Å²) in [4.78, 5) is 0. The summed E-state index contributed by atoms with van der Waals surface area (Å²) in [6, 6.07) is 9.37. The Labute approximate surface area is 119 Å². The molecule has 0 amide bonds. The Morgan fingerprint density at radius 2 is 1.92 bits per heavy atom. The molecular formula is C10H13I2Ru. The van der Waals surface area contributed by atoms with Gasteiger partial charge in [-0.25, -0.2) is 0 Å². The second-order valence-corrected chi connectivity index (χ2v) is 2.92. The van der Waals surface area contributed by atoms with E-state index in [9.17, 15) is 0 Å². The number of benzene rings is 1. The summed E-state index contributed by atoms with van der Waals surface area (Å²) in [6.07, 6.45) is 0. The van der Waals surface area contributed by atoms with Gasteiger partial charge in [-0.2, -0.15) is 35.4 Å². The first kappa shape index (κ1) is 16.7. The number of halogens is 2. The number of aryl methyl sites for hydroxylation is 1. The van der Waals surface area contributed by atoms with Crippen LogP contribution in [-0.4, -0.2) is 0 Å². The quantitative estimate of drug-likeness (QED) is 0.312. The topological polar surface area (TPSA) is 0 Å². The summed E-state index contributed by atoms with van der Waals surface area (Å²) in [7, 11) is 0. The van der Waals surface area contributed by atoms with Gasteiger partial charge in [0, 0.05) is 0 Å². The molecule has 0 saturated carbocycles. The van der Waals surface area contributed by atoms with Crippen molar-refractivity contribution in [1.29, 1.82) is 0 Å². The zero-order valence-electron chi connectivity index (χ0n) is 7.92. The van der Waals surface area contributed by atoms with E-state index >= 15 is 0 Å². The van der Waals surface area contributed by atoms with Crippen molar-refractivity contribution in [3.63, 3.8) is 0 Å². The van der Waals surface area contributed by atoms with Gasteiger partial charge in [-0.3, -0.25) is 0 Å². The van der Waals surface area contributed by atoms with E-state index in [0.717, 1.165) is 0 Å². The molecule has 0 heterocycles. The van der Waals surface area contributed by atoms with Crippen molar-refractivity contribution in [3.05, 3.63) is 35.4 Å². The van der Waals surface area contributed by atoms with Gasteiger partial charge in [0.05, 0.1) is 0 Å². The third-order valence-corrected chi connectivity index (χ3v) is 1.68. The van der Waals surface area contributed by atoms with Crippen LogP contribution < -0.4 is 24.0 Å². The molecule has 0 spiro atoms. The van der Waals surface area contributed by atoms with Crippen LogP contribution in [0, 0.1) is 13.0 Å². The number of hydrogen-bond acceptors (Lipinski definition) is 0. The fourth-order valence-corrected chi connectivity index (χ4v) is 1.16. The van der Waals surface area contributed by atoms with Crippen LogP contribution in [0.15, 0.2) is 18.2 Å². The van der Waals surface area contributed by atoms with Crippen molar-refractivity contribution in [1.82, 2.24) is 0 Å². The van der Waals surface area contributed by atoms with E-state index in [-0.39, 0.29) is 24.0 Å². The van der Waals surface area contributed by atoms with Crippen molar-refractivity contribution >= 4 is 19.8 Å². The molecule has 0 aliphatic rings. The Morgan fingerprint density at radius 3 is 2.23 bits per heavy atom. The Balaban J connectivity index is 0. The van der Waals surface area contributed by atoms with Crippen LogP contribution in [0.25, 0.3) is 0 Å². The Kier molecular flexibility index (Phi) is 12.7. The molecule has 0 bridgehead atoms. The monoisotopic (exact) mass is 489 g/mol. The molecule has 13 heavy (non-hydrogen) atoms. The van der Waals surface area contributed by atoms with Crippen molar-refractivity contribution < 1.29 is 38.8 Å². The fourth-order valence-electron chi connectivity index (χ4n) is 1.16. The van der Waals surface area contributed by atoms with E-state index in [1.807, 2.05) is 12.1 Å². The first-order chi connectivity index (χ1) is 5.72. The summed E-state index contributed by atoms with van der Waals surface area (Å²) < 4.78 is 0. The molecule has 0 saturated heterocycles. The molecule has 0 atom stereocenters. The third-order valence-electron chi connectivity index (χ3n) is 1.68. The van der Waals surface area contributed by atoms with Gasteiger partial charge in [-0.15, -0.1) is 0 Å². The predicted octanol–water partition coefficient (Wildman–Crippen LogP) is 0.806. The second kappa shape index (κ2) is 9.84. The van der Waals surface area contributed by atoms with Crippen LogP contribution in [0.4, 0.5) is 0 Å². The van der Waals surface area contributed by atoms with Crippen LogP contribution in [0.2, 0.25) is 0 Å². The van der Waals surface area contributed by atoms with Gasteiger partial charge in [-0.05, 0) is 5.92 Å². The first-order valence-electron chi connectivity index (χ1n) is 3.82. The average Bonchev–Trinajstić information content (AvgIpc) is 2.08. The van der Waals surface area contributed by atoms with Crippen molar-refractivity contribution in [2.45, 2.75) is 26.7 Å². The molecular weight excluding hydrogens is 475 g/mol. The van der Waals surface area contributed by atoms with E-state index < -0.39 is 0 Å². The van der Waals surface area contributed by atoms with Gasteiger partial charge in [0.2, 0.25) is 0 Å². The normalized spacial score (nSPS) is 8.38. The summed E-state index contributed by atoms with van der Waals surface area (Å²) in [5, 5.41) is 0. The maximum absolute atomic E-state index is 3.24. The van der Waals surface area contributed by atoms with E-state index in [1.165, 1.54) is 11.1 Å². The molecule has 0 fully saturated rings. The third kappa shape index (κ3) is 6.39. The molecule has 0 unspecified atom stereocenters. The minimum absolute atomic E-state index is 0. The van der Waals surface area contributed by atoms with Crippen LogP contribution in [-0.2, 0) is 14.8 Å². The van der Waals surface area contributed by atoms with Gasteiger partial charge in [0.15, 0.2) is 0 Å². The van der Waals surface area contributed by atoms with Crippen LogP contribution in [0.5, 0.6) is 0 Å². The van der Waals surface area contributed by atoms with Crippen molar-refractivity contribution in [3.8, 4) is 0 Å². The van der Waals surface area contributed by atoms with Crippen LogP contribution in [0.1, 0.15) is 30.9 Å². The first-order valence-corrected chi connectivity index (χ1v) is 8.99. The molecule has 1 rings (SSSR count). The molecule has 0 aromatic heterocycles. The van der Waals surface area contributed by atoms with Gasteiger partial charge in [0.25, 0.3) is 0 Å². The molecule has 1 aromatic carbocycles. The van der Waals surface area contributed by atoms with Gasteiger partial charge in [0.1, 0.15) is 0 Å². The molecule has 0 radical (unpaired) electrons. The molecule has 0 nitrogen and oxygen atoms in total. The maximum atomic E-state index is 3.24. The second-order valence-electron chi connectivity index (χ2n) is 2.92. The zero-order chi connectivity index (χ0) is 9.56. The van der Waals surface area contributed by atoms with Gasteiger partial charge >= 0.3 is 34.5 Å². The van der Waals surface area contributed by atoms with Gasteiger partial charge < -0.3 is 24.0 Å². The van der Waals surface area contributed by atoms with Crippen molar-refractivity contribution in [2.75, 3.05) is 0 Å². The molecule has 0 N–H and O–H groups in total. The minimum atomic E-state index is 0. The van der Waals surface area contributed by atoms with E-state index in [1.54, 1.807) is 0 Å². The Hall–Kier alpha value is 1.30. The molecule has 0 aliphatic heterocycles. The SMILES string of the molecule is Cc1ccc[c-]c1C(C)C.[I-].[Ru+2][I]. The van der Waals surface area contributed by atoms with Gasteiger partial charge in [-0.1, -0.05) is 20.8 Å². The van der Waals surface area contributed by atoms with E-state index in [4.69, 9.17) is 0 Å². The van der Waals surface area contributed by atoms with Crippen molar-refractivity contribution in [2.24, 2.45) is 0 Å². The Bertz CT molecular complexity index is 224. The summed E-state index contributed by atoms with van der Waals surface area (Å²) >= 11 is 4.40. The fraction of sp³-hybridized carbons (Fsp3) is 0.400. The molecule has 3 heteroatoms. The van der Waals surface area contributed by atoms with Crippen LogP contribution in [0.3, 0.4) is 0 Å². The number of hydrogen-bond donors (Lipinski definition) is 0. The summed E-state index contributed by atoms with van der Waals surface area (Å²) in [5.74, 6) is 0.598. The van der Waals surface area contributed by atoms with E-state index in [2.05, 4.69) is 67.4 Å². The standard InChI is InChI=1S/C10H13.2HI.Ru/c1-8(2)10-7-5-4-6-9(10)3;;;/h4-6,8H,1-3H3;2*1H;/q-1;;;+3/p-2. The average molecular weight is 488 g/mol. The zero-order valence-corrected chi connectivity index (χ0v) is 14.0. The predicted molar refractivity (Wildman–Crippen MR) is 58.1 cm³/mol. The number of rotatable bonds is 1. The Morgan fingerprint density at radius 1 is 1.38 bits per heavy atom.